The summed E-state index contributed by atoms with van der Waals surface area (Å²) in [5, 5.41) is 4.08. The monoisotopic (exact) mass is 294 g/mol. The molecule has 4 nitrogen and oxygen atoms in total. The largest absolute Gasteiger partial charge is 0.383 e. The first-order chi connectivity index (χ1) is 9.70. The summed E-state index contributed by atoms with van der Waals surface area (Å²) in [5.74, 6) is 0.405. The van der Waals surface area contributed by atoms with Crippen LogP contribution in [0.4, 0.5) is 0 Å². The van der Waals surface area contributed by atoms with Crippen LogP contribution < -0.4 is 5.73 Å². The number of thiophene rings is 1. The molecule has 0 saturated heterocycles. The number of carbonyl (C=O) groups is 1. The lowest BCUT2D eigenvalue weighted by molar-refractivity contribution is -0.134. The molecule has 1 aliphatic rings. The van der Waals surface area contributed by atoms with Gasteiger partial charge in [0.2, 0.25) is 5.91 Å². The highest BCUT2D eigenvalue weighted by Gasteiger charge is 2.61. The van der Waals surface area contributed by atoms with Crippen LogP contribution in [0.2, 0.25) is 0 Å². The van der Waals surface area contributed by atoms with E-state index in [0.717, 1.165) is 12.0 Å². The molecule has 5 heteroatoms. The molecule has 0 bridgehead atoms. The van der Waals surface area contributed by atoms with Crippen molar-refractivity contribution in [2.75, 3.05) is 33.4 Å². The van der Waals surface area contributed by atoms with E-state index in [1.54, 1.807) is 24.5 Å². The van der Waals surface area contributed by atoms with Crippen molar-refractivity contribution < 1.29 is 9.53 Å². The van der Waals surface area contributed by atoms with Gasteiger partial charge in [-0.1, -0.05) is 6.08 Å². The van der Waals surface area contributed by atoms with Gasteiger partial charge in [-0.15, -0.1) is 6.58 Å². The number of rotatable bonds is 8. The molecule has 1 aliphatic carbocycles. The van der Waals surface area contributed by atoms with Crippen LogP contribution >= 0.6 is 11.3 Å². The van der Waals surface area contributed by atoms with Crippen molar-refractivity contribution >= 4 is 17.2 Å². The maximum absolute atomic E-state index is 13.0. The van der Waals surface area contributed by atoms with Crippen molar-refractivity contribution in [1.82, 2.24) is 4.90 Å². The van der Waals surface area contributed by atoms with Crippen molar-refractivity contribution in [2.45, 2.75) is 11.8 Å². The number of carbonyl (C=O) groups excluding carboxylic acids is 1. The Labute approximate surface area is 124 Å². The molecule has 0 radical (unpaired) electrons. The Hall–Kier alpha value is -1.17. The topological polar surface area (TPSA) is 55.6 Å². The number of hydrogen-bond donors (Lipinski definition) is 1. The number of ether oxygens (including phenoxy) is 1. The van der Waals surface area contributed by atoms with E-state index < -0.39 is 5.41 Å². The van der Waals surface area contributed by atoms with Gasteiger partial charge in [-0.2, -0.15) is 11.3 Å². The first kappa shape index (κ1) is 15.2. The lowest BCUT2D eigenvalue weighted by Crippen LogP contribution is -2.42. The van der Waals surface area contributed by atoms with Crippen molar-refractivity contribution in [3.05, 3.63) is 35.0 Å². The van der Waals surface area contributed by atoms with Crippen LogP contribution in [0.3, 0.4) is 0 Å². The lowest BCUT2D eigenvalue weighted by Gasteiger charge is -2.27. The van der Waals surface area contributed by atoms with E-state index in [1.807, 2.05) is 16.3 Å². The first-order valence-corrected chi connectivity index (χ1v) is 7.77. The molecule has 1 heterocycles. The highest BCUT2D eigenvalue weighted by molar-refractivity contribution is 7.08. The second-order valence-corrected chi connectivity index (χ2v) is 5.93. The zero-order valence-corrected chi connectivity index (χ0v) is 12.7. The Morgan fingerprint density at radius 2 is 2.55 bits per heavy atom. The SMILES string of the molecule is C=CCN(CCOC)C(=O)[C@@]1(c2ccsc2)C[C@H]1CN. The van der Waals surface area contributed by atoms with Crippen LogP contribution in [0.15, 0.2) is 29.5 Å². The highest BCUT2D eigenvalue weighted by Crippen LogP contribution is 2.55. The molecular weight excluding hydrogens is 272 g/mol. The fourth-order valence-corrected chi connectivity index (χ4v) is 3.53. The number of amides is 1. The average Bonchev–Trinajstić information content (AvgIpc) is 2.95. The predicted octanol–water partition coefficient (Wildman–Crippen LogP) is 1.63. The zero-order valence-electron chi connectivity index (χ0n) is 11.9. The van der Waals surface area contributed by atoms with Crippen LogP contribution in [-0.2, 0) is 14.9 Å². The molecule has 2 atom stereocenters. The maximum Gasteiger partial charge on any atom is 0.233 e. The standard InChI is InChI=1S/C15H22N2O2S/c1-3-5-17(6-7-19-2)14(18)15(9-13(15)10-16)12-4-8-20-11-12/h3-4,8,11,13H,1,5-7,9-10,16H2,2H3/t13-,15+/m0/s1. The van der Waals surface area contributed by atoms with E-state index in [-0.39, 0.29) is 11.8 Å². The van der Waals surface area contributed by atoms with E-state index >= 15 is 0 Å². The minimum atomic E-state index is -0.411. The number of nitrogens with zero attached hydrogens (tertiary/aromatic N) is 1. The van der Waals surface area contributed by atoms with Gasteiger partial charge in [-0.25, -0.2) is 0 Å². The van der Waals surface area contributed by atoms with Gasteiger partial charge in [0.1, 0.15) is 0 Å². The second kappa shape index (κ2) is 6.52. The molecule has 1 amide bonds. The van der Waals surface area contributed by atoms with Crippen LogP contribution in [0.1, 0.15) is 12.0 Å². The Balaban J connectivity index is 2.21. The van der Waals surface area contributed by atoms with E-state index in [0.29, 0.717) is 26.2 Å². The molecule has 20 heavy (non-hydrogen) atoms. The molecule has 2 rings (SSSR count). The van der Waals surface area contributed by atoms with E-state index in [2.05, 4.69) is 12.0 Å². The van der Waals surface area contributed by atoms with Crippen LogP contribution in [0.25, 0.3) is 0 Å². The van der Waals surface area contributed by atoms with Gasteiger partial charge in [0, 0.05) is 20.2 Å². The van der Waals surface area contributed by atoms with Gasteiger partial charge >= 0.3 is 0 Å². The summed E-state index contributed by atoms with van der Waals surface area (Å²) in [7, 11) is 1.64. The van der Waals surface area contributed by atoms with Gasteiger partial charge in [-0.3, -0.25) is 4.79 Å². The second-order valence-electron chi connectivity index (χ2n) is 5.15. The molecular formula is C15H22N2O2S. The van der Waals surface area contributed by atoms with Gasteiger partial charge < -0.3 is 15.4 Å². The molecule has 0 unspecified atom stereocenters. The molecule has 0 aliphatic heterocycles. The quantitative estimate of drug-likeness (QED) is 0.741. The van der Waals surface area contributed by atoms with E-state index in [9.17, 15) is 4.79 Å². The Bertz CT molecular complexity index is 460. The molecule has 1 fully saturated rings. The van der Waals surface area contributed by atoms with Crippen molar-refractivity contribution in [2.24, 2.45) is 11.7 Å². The zero-order chi connectivity index (χ0) is 14.6. The summed E-state index contributed by atoms with van der Waals surface area (Å²) in [6.45, 7) is 5.96. The normalized spacial score (nSPS) is 24.4. The van der Waals surface area contributed by atoms with Gasteiger partial charge in [0.05, 0.1) is 12.0 Å². The summed E-state index contributed by atoms with van der Waals surface area (Å²) in [6.07, 6.45) is 2.61. The first-order valence-electron chi connectivity index (χ1n) is 6.82. The summed E-state index contributed by atoms with van der Waals surface area (Å²) in [5.41, 5.74) is 6.51. The van der Waals surface area contributed by atoms with Crippen molar-refractivity contribution in [3.8, 4) is 0 Å². The fraction of sp³-hybridized carbons (Fsp3) is 0.533. The Morgan fingerprint density at radius 1 is 1.75 bits per heavy atom. The molecule has 1 aromatic rings. The molecule has 110 valence electrons. The van der Waals surface area contributed by atoms with Gasteiger partial charge in [0.25, 0.3) is 0 Å². The summed E-state index contributed by atoms with van der Waals surface area (Å²) in [6, 6.07) is 2.04. The molecule has 0 spiro atoms. The third kappa shape index (κ3) is 2.66. The minimum Gasteiger partial charge on any atom is -0.383 e. The predicted molar refractivity (Wildman–Crippen MR) is 81.8 cm³/mol. The summed E-state index contributed by atoms with van der Waals surface area (Å²) >= 11 is 1.62. The molecule has 0 aromatic carbocycles. The van der Waals surface area contributed by atoms with Crippen LogP contribution in [-0.4, -0.2) is 44.2 Å². The summed E-state index contributed by atoms with van der Waals surface area (Å²) < 4.78 is 5.09. The fourth-order valence-electron chi connectivity index (χ4n) is 2.79. The van der Waals surface area contributed by atoms with Gasteiger partial charge in [0.15, 0.2) is 0 Å². The van der Waals surface area contributed by atoms with Gasteiger partial charge in [-0.05, 0) is 41.3 Å². The Kier molecular flexibility index (Phi) is 4.96. The van der Waals surface area contributed by atoms with E-state index in [1.165, 1.54) is 0 Å². The smallest absolute Gasteiger partial charge is 0.233 e. The molecule has 1 aromatic heterocycles. The minimum absolute atomic E-state index is 0.156. The lowest BCUT2D eigenvalue weighted by atomic mass is 9.94. The highest BCUT2D eigenvalue weighted by atomic mass is 32.1. The number of hydrogen-bond acceptors (Lipinski definition) is 4. The van der Waals surface area contributed by atoms with Crippen molar-refractivity contribution in [1.29, 1.82) is 0 Å². The third-order valence-electron chi connectivity index (χ3n) is 4.01. The summed E-state index contributed by atoms with van der Waals surface area (Å²) in [4.78, 5) is 14.8. The molecule has 1 saturated carbocycles. The van der Waals surface area contributed by atoms with E-state index in [4.69, 9.17) is 10.5 Å². The van der Waals surface area contributed by atoms with Crippen LogP contribution in [0, 0.1) is 5.92 Å². The van der Waals surface area contributed by atoms with Crippen molar-refractivity contribution in [3.63, 3.8) is 0 Å². The Morgan fingerprint density at radius 3 is 3.05 bits per heavy atom. The maximum atomic E-state index is 13.0. The molecule has 2 N–H and O–H groups in total. The average molecular weight is 294 g/mol. The van der Waals surface area contributed by atoms with Crippen LogP contribution in [0.5, 0.6) is 0 Å². The number of methoxy groups -OCH3 is 1. The third-order valence-corrected chi connectivity index (χ3v) is 4.69. The number of nitrogens with two attached hydrogens (primary N) is 1.